The Morgan fingerprint density at radius 2 is 2.04 bits per heavy atom. The molecule has 1 aliphatic carbocycles. The molecule has 3 aromatic rings. The minimum atomic E-state index is -0.988. The minimum Gasteiger partial charge on any atom is -0.504 e. The third kappa shape index (κ3) is 2.96. The highest BCUT2D eigenvalue weighted by Gasteiger charge is 2.36. The first-order valence-electron chi connectivity index (χ1n) is 8.90. The zero-order valence-electron chi connectivity index (χ0n) is 15.2. The molecule has 0 spiro atoms. The van der Waals surface area contributed by atoms with Crippen LogP contribution in [0.15, 0.2) is 30.3 Å². The summed E-state index contributed by atoms with van der Waals surface area (Å²) in [7, 11) is 0. The Labute approximate surface area is 162 Å². The quantitative estimate of drug-likeness (QED) is 0.552. The Bertz CT molecular complexity index is 1020. The van der Waals surface area contributed by atoms with Crippen LogP contribution in [0.2, 0.25) is 5.02 Å². The average Bonchev–Trinajstić information content (AvgIpc) is 2.98. The van der Waals surface area contributed by atoms with Gasteiger partial charge in [-0.15, -0.1) is 0 Å². The van der Waals surface area contributed by atoms with E-state index in [1.165, 1.54) is 5.56 Å². The molecule has 2 aromatic carbocycles. The third-order valence-electron chi connectivity index (χ3n) is 5.36. The highest BCUT2D eigenvalue weighted by molar-refractivity contribution is 6.31. The van der Waals surface area contributed by atoms with Gasteiger partial charge in [-0.2, -0.15) is 0 Å². The minimum absolute atomic E-state index is 0.0287. The van der Waals surface area contributed by atoms with Crippen molar-refractivity contribution in [2.45, 2.75) is 31.8 Å². The number of aliphatic hydroxyl groups is 2. The fraction of sp³-hybridized carbons (Fsp3) is 0.333. The van der Waals surface area contributed by atoms with Gasteiger partial charge in [0.2, 0.25) is 0 Å². The fourth-order valence-electron chi connectivity index (χ4n) is 3.96. The van der Waals surface area contributed by atoms with Crippen LogP contribution in [-0.2, 0) is 11.8 Å². The maximum atomic E-state index is 10.4. The number of nitrogens with one attached hydrogen (secondary N) is 1. The van der Waals surface area contributed by atoms with Gasteiger partial charge >= 0.3 is 0 Å². The average molecular weight is 388 g/mol. The maximum Gasteiger partial charge on any atom is 0.161 e. The second kappa shape index (κ2) is 6.44. The fourth-order valence-corrected chi connectivity index (χ4v) is 4.14. The topological polar surface area (TPSA) is 85.7 Å². The summed E-state index contributed by atoms with van der Waals surface area (Å²) in [5.74, 6) is 0.331. The summed E-state index contributed by atoms with van der Waals surface area (Å²) < 4.78 is 5.52. The molecular weight excluding hydrogens is 366 g/mol. The number of aliphatic hydroxyl groups excluding tert-OH is 2. The van der Waals surface area contributed by atoms with Gasteiger partial charge in [-0.3, -0.25) is 0 Å². The molecule has 0 radical (unpaired) electrons. The second-order valence-electron chi connectivity index (χ2n) is 7.59. The van der Waals surface area contributed by atoms with Crippen molar-refractivity contribution in [1.29, 1.82) is 0 Å². The van der Waals surface area contributed by atoms with Crippen LogP contribution in [0.4, 0.5) is 0 Å². The molecule has 142 valence electrons. The van der Waals surface area contributed by atoms with Gasteiger partial charge in [0.25, 0.3) is 0 Å². The van der Waals surface area contributed by atoms with E-state index in [0.29, 0.717) is 17.2 Å². The summed E-state index contributed by atoms with van der Waals surface area (Å²) in [6, 6.07) is 9.41. The first-order valence-corrected chi connectivity index (χ1v) is 9.27. The van der Waals surface area contributed by atoms with Crippen LogP contribution in [0.5, 0.6) is 11.5 Å². The van der Waals surface area contributed by atoms with E-state index in [-0.39, 0.29) is 17.8 Å². The lowest BCUT2D eigenvalue weighted by Gasteiger charge is -2.33. The van der Waals surface area contributed by atoms with Crippen molar-refractivity contribution in [1.82, 2.24) is 4.98 Å². The summed E-state index contributed by atoms with van der Waals surface area (Å²) in [5.41, 5.74) is 5.10. The van der Waals surface area contributed by atoms with Crippen molar-refractivity contribution in [3.63, 3.8) is 0 Å². The molecule has 4 N–H and O–H groups in total. The third-order valence-corrected chi connectivity index (χ3v) is 5.60. The molecule has 1 heterocycles. The number of phenolic OH excluding ortho intramolecular Hbond substituents is 1. The molecule has 5 nitrogen and oxygen atoms in total. The van der Waals surface area contributed by atoms with Crippen LogP contribution < -0.4 is 4.74 Å². The normalized spacial score (nSPS) is 16.0. The summed E-state index contributed by atoms with van der Waals surface area (Å²) in [5, 5.41) is 30.7. The van der Waals surface area contributed by atoms with Gasteiger partial charge in [0.05, 0.1) is 6.61 Å². The van der Waals surface area contributed by atoms with Crippen molar-refractivity contribution in [2.24, 2.45) is 0 Å². The summed E-state index contributed by atoms with van der Waals surface area (Å²) in [6.07, 6.45) is -0.290. The molecule has 1 atom stereocenters. The van der Waals surface area contributed by atoms with E-state index in [0.717, 1.165) is 27.7 Å². The standard InChI is InChI=1S/C21H22ClNO4/c1-21(2)16-8-19(27-10-13(25)9-24)18(26)6-11(16)5-15-14-4-3-12(22)7-17(14)23-20(15)21/h3-4,6-8,13,23-26H,5,9-10H2,1-2H3/t13-/m1/s1. The lowest BCUT2D eigenvalue weighted by molar-refractivity contribution is 0.0527. The molecule has 0 bridgehead atoms. The Hall–Kier alpha value is -2.21. The number of fused-ring (bicyclic) bond motifs is 4. The van der Waals surface area contributed by atoms with Gasteiger partial charge in [0, 0.05) is 33.5 Å². The van der Waals surface area contributed by atoms with Crippen molar-refractivity contribution in [3.8, 4) is 11.5 Å². The Balaban J connectivity index is 1.80. The number of aromatic hydroxyl groups is 1. The van der Waals surface area contributed by atoms with Crippen molar-refractivity contribution in [2.75, 3.05) is 13.2 Å². The maximum absolute atomic E-state index is 10.4. The lowest BCUT2D eigenvalue weighted by atomic mass is 9.71. The van der Waals surface area contributed by atoms with E-state index < -0.39 is 12.7 Å². The van der Waals surface area contributed by atoms with E-state index in [9.17, 15) is 10.2 Å². The monoisotopic (exact) mass is 387 g/mol. The van der Waals surface area contributed by atoms with Crippen LogP contribution >= 0.6 is 11.6 Å². The number of hydrogen-bond acceptors (Lipinski definition) is 4. The molecule has 0 unspecified atom stereocenters. The first-order chi connectivity index (χ1) is 12.8. The van der Waals surface area contributed by atoms with Gasteiger partial charge in [0.1, 0.15) is 12.7 Å². The molecule has 1 aliphatic rings. The molecule has 1 aromatic heterocycles. The van der Waals surface area contributed by atoms with Crippen LogP contribution in [0.25, 0.3) is 10.9 Å². The summed E-state index contributed by atoms with van der Waals surface area (Å²) in [4.78, 5) is 3.52. The van der Waals surface area contributed by atoms with Gasteiger partial charge in [-0.1, -0.05) is 31.5 Å². The highest BCUT2D eigenvalue weighted by atomic mass is 35.5. The first kappa shape index (κ1) is 18.2. The Morgan fingerprint density at radius 1 is 1.26 bits per heavy atom. The zero-order valence-corrected chi connectivity index (χ0v) is 16.0. The number of aromatic nitrogens is 1. The van der Waals surface area contributed by atoms with E-state index in [2.05, 4.69) is 18.8 Å². The molecule has 4 rings (SSSR count). The Kier molecular flexibility index (Phi) is 4.34. The van der Waals surface area contributed by atoms with E-state index >= 15 is 0 Å². The molecule has 6 heteroatoms. The predicted octanol–water partition coefficient (Wildman–Crippen LogP) is 3.49. The smallest absolute Gasteiger partial charge is 0.161 e. The number of rotatable bonds is 4. The molecule has 0 fully saturated rings. The van der Waals surface area contributed by atoms with Gasteiger partial charge in [-0.05, 0) is 41.0 Å². The lowest BCUT2D eigenvalue weighted by Crippen LogP contribution is -2.27. The molecule has 0 saturated heterocycles. The SMILES string of the molecule is CC1(C)c2cc(OC[C@H](O)CO)c(O)cc2Cc2c1[nH]c1cc(Cl)ccc21. The van der Waals surface area contributed by atoms with Crippen molar-refractivity contribution in [3.05, 3.63) is 57.7 Å². The molecule has 0 aliphatic heterocycles. The second-order valence-corrected chi connectivity index (χ2v) is 8.03. The molecule has 27 heavy (non-hydrogen) atoms. The number of benzene rings is 2. The van der Waals surface area contributed by atoms with Crippen LogP contribution in [-0.4, -0.2) is 39.6 Å². The van der Waals surface area contributed by atoms with E-state index in [4.69, 9.17) is 21.4 Å². The largest absolute Gasteiger partial charge is 0.504 e. The molecule has 0 saturated carbocycles. The number of ether oxygens (including phenoxy) is 1. The number of phenols is 1. The number of H-pyrrole nitrogens is 1. The Morgan fingerprint density at radius 3 is 2.78 bits per heavy atom. The number of aromatic amines is 1. The van der Waals surface area contributed by atoms with Gasteiger partial charge < -0.3 is 25.0 Å². The predicted molar refractivity (Wildman–Crippen MR) is 105 cm³/mol. The summed E-state index contributed by atoms with van der Waals surface area (Å²) in [6.45, 7) is 3.78. The summed E-state index contributed by atoms with van der Waals surface area (Å²) >= 11 is 6.15. The number of halogens is 1. The molecule has 0 amide bonds. The van der Waals surface area contributed by atoms with Crippen LogP contribution in [0.1, 0.15) is 36.2 Å². The van der Waals surface area contributed by atoms with Crippen molar-refractivity contribution >= 4 is 22.5 Å². The van der Waals surface area contributed by atoms with E-state index in [1.54, 1.807) is 6.07 Å². The van der Waals surface area contributed by atoms with Crippen LogP contribution in [0.3, 0.4) is 0 Å². The zero-order chi connectivity index (χ0) is 19.3. The van der Waals surface area contributed by atoms with Crippen LogP contribution in [0, 0.1) is 0 Å². The van der Waals surface area contributed by atoms with Gasteiger partial charge in [-0.25, -0.2) is 0 Å². The van der Waals surface area contributed by atoms with Gasteiger partial charge in [0.15, 0.2) is 11.5 Å². The number of hydrogen-bond donors (Lipinski definition) is 4. The van der Waals surface area contributed by atoms with E-state index in [1.807, 2.05) is 24.3 Å². The highest BCUT2D eigenvalue weighted by Crippen LogP contribution is 2.46. The van der Waals surface area contributed by atoms with Crippen molar-refractivity contribution < 1.29 is 20.1 Å². The molecular formula is C21H22ClNO4.